The number of amides is 1. The Morgan fingerprint density at radius 2 is 1.78 bits per heavy atom. The summed E-state index contributed by atoms with van der Waals surface area (Å²) in [5, 5.41) is 1.01. The van der Waals surface area contributed by atoms with Crippen molar-refractivity contribution in [2.75, 3.05) is 6.54 Å². The number of hydrogen-bond donors (Lipinski definition) is 0. The molecule has 0 unspecified atom stereocenters. The van der Waals surface area contributed by atoms with Crippen LogP contribution in [0.4, 0.5) is 0 Å². The molecule has 0 radical (unpaired) electrons. The zero-order valence-electron chi connectivity index (χ0n) is 19.8. The highest BCUT2D eigenvalue weighted by Crippen LogP contribution is 2.74. The van der Waals surface area contributed by atoms with Gasteiger partial charge in [-0.25, -0.2) is 15.0 Å². The Labute approximate surface area is 223 Å². The number of rotatable bonds is 4. The van der Waals surface area contributed by atoms with E-state index in [1.54, 1.807) is 0 Å². The number of pyridine rings is 1. The lowest BCUT2D eigenvalue weighted by Crippen LogP contribution is -2.67. The van der Waals surface area contributed by atoms with Gasteiger partial charge in [0.2, 0.25) is 5.91 Å². The molecule has 1 amide bonds. The first-order valence-electron chi connectivity index (χ1n) is 12.5. The lowest BCUT2D eigenvalue weighted by Gasteiger charge is -2.69. The van der Waals surface area contributed by atoms with Crippen molar-refractivity contribution in [3.63, 3.8) is 0 Å². The van der Waals surface area contributed by atoms with Gasteiger partial charge in [-0.3, -0.25) is 4.79 Å². The monoisotopic (exact) mass is 584 g/mol. The van der Waals surface area contributed by atoms with Crippen molar-refractivity contribution in [2.24, 2.45) is 10.8 Å². The Morgan fingerprint density at radius 3 is 2.61 bits per heavy atom. The molecule has 0 spiro atoms. The highest BCUT2D eigenvalue weighted by Gasteiger charge is 2.70. The Morgan fingerprint density at radius 1 is 0.972 bits per heavy atom. The number of aromatic nitrogens is 3. The first-order valence-corrected chi connectivity index (χ1v) is 13.5. The lowest BCUT2D eigenvalue weighted by molar-refractivity contribution is -0.199. The van der Waals surface area contributed by atoms with Gasteiger partial charge >= 0.3 is 0 Å². The molecule has 2 bridgehead atoms. The largest absolute Gasteiger partial charge is 0.336 e. The van der Waals surface area contributed by atoms with Gasteiger partial charge in [-0.2, -0.15) is 0 Å². The zero-order valence-corrected chi connectivity index (χ0v) is 22.0. The summed E-state index contributed by atoms with van der Waals surface area (Å²) in [5.74, 6) is 0.938. The van der Waals surface area contributed by atoms with Gasteiger partial charge in [0, 0.05) is 21.7 Å². The quantitative estimate of drug-likeness (QED) is 0.274. The van der Waals surface area contributed by atoms with E-state index in [0.29, 0.717) is 18.3 Å². The van der Waals surface area contributed by atoms with Crippen LogP contribution in [0.3, 0.4) is 0 Å². The second-order valence-electron chi connectivity index (χ2n) is 10.6. The summed E-state index contributed by atoms with van der Waals surface area (Å²) in [6, 6.07) is 20.7. The van der Waals surface area contributed by atoms with E-state index < -0.39 is 0 Å². The summed E-state index contributed by atoms with van der Waals surface area (Å²) in [5.41, 5.74) is 5.15. The zero-order chi connectivity index (χ0) is 24.3. The Bertz CT molecular complexity index is 1520. The van der Waals surface area contributed by atoms with E-state index in [4.69, 9.17) is 9.97 Å². The van der Waals surface area contributed by atoms with E-state index in [9.17, 15) is 4.79 Å². The van der Waals surface area contributed by atoms with Crippen LogP contribution in [0.1, 0.15) is 36.1 Å². The van der Waals surface area contributed by atoms with Crippen molar-refractivity contribution in [1.82, 2.24) is 19.9 Å². The summed E-state index contributed by atoms with van der Waals surface area (Å²) < 4.78 is 1.24. The number of benzene rings is 2. The predicted molar refractivity (Wildman–Crippen MR) is 149 cm³/mol. The molecule has 4 aromatic rings. The molecule has 2 aromatic carbocycles. The van der Waals surface area contributed by atoms with Gasteiger partial charge in [-0.1, -0.05) is 48.6 Å². The Balaban J connectivity index is 1.05. The van der Waals surface area contributed by atoms with Gasteiger partial charge in [0.15, 0.2) is 5.82 Å². The molecule has 3 heterocycles. The third-order valence-electron chi connectivity index (χ3n) is 8.09. The fraction of sp³-hybridized carbons (Fsp3) is 0.267. The molecule has 3 aliphatic carbocycles. The molecular weight excluding hydrogens is 559 g/mol. The average molecular weight is 584 g/mol. The first kappa shape index (κ1) is 22.1. The Kier molecular flexibility index (Phi) is 5.03. The van der Waals surface area contributed by atoms with Crippen LogP contribution in [0.15, 0.2) is 72.9 Å². The van der Waals surface area contributed by atoms with Crippen LogP contribution < -0.4 is 0 Å². The maximum absolute atomic E-state index is 13.6. The van der Waals surface area contributed by atoms with Gasteiger partial charge in [0.05, 0.1) is 23.2 Å². The van der Waals surface area contributed by atoms with Gasteiger partial charge < -0.3 is 4.90 Å². The van der Waals surface area contributed by atoms with Crippen LogP contribution in [0.25, 0.3) is 28.5 Å². The number of para-hydroxylation sites is 1. The maximum Gasteiger partial charge on any atom is 0.229 e. The normalized spacial score (nSPS) is 24.3. The van der Waals surface area contributed by atoms with E-state index in [2.05, 4.69) is 70.1 Å². The minimum atomic E-state index is -0.160. The van der Waals surface area contributed by atoms with Crippen LogP contribution in [-0.4, -0.2) is 32.3 Å². The predicted octanol–water partition coefficient (Wildman–Crippen LogP) is 6.06. The molecule has 0 N–H and O–H groups in total. The number of fused-ring (bicyclic) bond motifs is 2. The maximum atomic E-state index is 13.6. The molecule has 4 aliphatic rings. The molecule has 0 atom stereocenters. The van der Waals surface area contributed by atoms with E-state index in [1.807, 2.05) is 41.4 Å². The first-order chi connectivity index (χ1) is 17.5. The third-order valence-corrected chi connectivity index (χ3v) is 8.81. The summed E-state index contributed by atoms with van der Waals surface area (Å²) in [7, 11) is 0. The molecule has 3 fully saturated rings. The average Bonchev–Trinajstić information content (AvgIpc) is 2.87. The number of carbonyl (C=O) groups is 1. The summed E-state index contributed by atoms with van der Waals surface area (Å²) in [4.78, 5) is 29.7. The second-order valence-corrected chi connectivity index (χ2v) is 11.8. The standard InChI is InChI=1S/C30H25IN4O/c31-23-8-5-20(6-9-23)11-13-29-17-30(18-29,19-29)28(36)35-14-12-21-7-10-25(33-26(21)16-35)27-32-15-22-3-1-2-4-24(22)34-27/h1-11,13,15H,12,14,16-19H2/b13-11+. The molecule has 3 saturated carbocycles. The fourth-order valence-electron chi connectivity index (χ4n) is 6.26. The molecule has 1 aliphatic heterocycles. The van der Waals surface area contributed by atoms with Crippen LogP contribution in [0.5, 0.6) is 0 Å². The van der Waals surface area contributed by atoms with Gasteiger partial charge in [-0.15, -0.1) is 0 Å². The van der Waals surface area contributed by atoms with Crippen LogP contribution >= 0.6 is 22.6 Å². The summed E-state index contributed by atoms with van der Waals surface area (Å²) in [6.07, 6.45) is 10.2. The number of carbonyl (C=O) groups excluding carboxylic acids is 1. The van der Waals surface area contributed by atoms with Crippen LogP contribution in [0.2, 0.25) is 0 Å². The highest BCUT2D eigenvalue weighted by molar-refractivity contribution is 14.1. The minimum Gasteiger partial charge on any atom is -0.336 e. The van der Waals surface area contributed by atoms with E-state index in [-0.39, 0.29) is 10.8 Å². The topological polar surface area (TPSA) is 59.0 Å². The minimum absolute atomic E-state index is 0.160. The molecule has 8 rings (SSSR count). The van der Waals surface area contributed by atoms with Crippen LogP contribution in [-0.2, 0) is 17.8 Å². The number of nitrogens with zero attached hydrogens (tertiary/aromatic N) is 4. The van der Waals surface area contributed by atoms with Gasteiger partial charge in [-0.05, 0) is 89.1 Å². The molecule has 178 valence electrons. The summed E-state index contributed by atoms with van der Waals surface area (Å²) >= 11 is 2.33. The summed E-state index contributed by atoms with van der Waals surface area (Å²) in [6.45, 7) is 1.34. The number of allylic oxidation sites excluding steroid dienone is 1. The van der Waals surface area contributed by atoms with E-state index in [0.717, 1.165) is 54.5 Å². The number of hydrogen-bond acceptors (Lipinski definition) is 4. The SMILES string of the molecule is O=C(N1CCc2ccc(-c3ncc4ccccc4n3)nc2C1)C12CC(/C=C/c3ccc(I)cc3)(C1)C2. The fourth-order valence-corrected chi connectivity index (χ4v) is 6.62. The molecule has 36 heavy (non-hydrogen) atoms. The molecule has 0 saturated heterocycles. The molecule has 6 heteroatoms. The van der Waals surface area contributed by atoms with Gasteiger partial charge in [0.1, 0.15) is 5.69 Å². The van der Waals surface area contributed by atoms with Crippen molar-refractivity contribution < 1.29 is 4.79 Å². The van der Waals surface area contributed by atoms with Crippen molar-refractivity contribution in [1.29, 1.82) is 0 Å². The molecule has 2 aromatic heterocycles. The van der Waals surface area contributed by atoms with Gasteiger partial charge in [0.25, 0.3) is 0 Å². The van der Waals surface area contributed by atoms with Crippen molar-refractivity contribution in [3.8, 4) is 11.5 Å². The number of halogens is 1. The third kappa shape index (κ3) is 3.65. The smallest absolute Gasteiger partial charge is 0.229 e. The highest BCUT2D eigenvalue weighted by atomic mass is 127. The van der Waals surface area contributed by atoms with Crippen molar-refractivity contribution in [2.45, 2.75) is 32.2 Å². The molecular formula is C30H25IN4O. The lowest BCUT2D eigenvalue weighted by atomic mass is 9.34. The van der Waals surface area contributed by atoms with E-state index >= 15 is 0 Å². The van der Waals surface area contributed by atoms with E-state index in [1.165, 1.54) is 14.7 Å². The van der Waals surface area contributed by atoms with Crippen molar-refractivity contribution >= 4 is 45.5 Å². The van der Waals surface area contributed by atoms with Crippen LogP contribution in [0, 0.1) is 14.4 Å². The van der Waals surface area contributed by atoms with Crippen molar-refractivity contribution in [3.05, 3.63) is 93.3 Å². The second kappa shape index (κ2) is 8.20. The Hall–Kier alpha value is -3.13. The molecule has 5 nitrogen and oxygen atoms in total.